The van der Waals surface area contributed by atoms with E-state index in [-0.39, 0.29) is 0 Å². The maximum Gasteiger partial charge on any atom is 0.185 e. The van der Waals surface area contributed by atoms with Gasteiger partial charge in [0.1, 0.15) is 5.82 Å². The standard InChI is InChI=1S/C16H17N5O/c1-16(22)9-10-20(11-16)14-8-7-13-17-18-15(21(13)19-14)12-5-3-2-4-6-12/h2-8,22H,9-11H2,1H3. The lowest BCUT2D eigenvalue weighted by Gasteiger charge is -2.19. The van der Waals surface area contributed by atoms with E-state index >= 15 is 0 Å². The van der Waals surface area contributed by atoms with Crippen molar-refractivity contribution in [3.8, 4) is 11.4 Å². The third-order valence-corrected chi connectivity index (χ3v) is 4.06. The number of rotatable bonds is 2. The van der Waals surface area contributed by atoms with Crippen molar-refractivity contribution in [3.63, 3.8) is 0 Å². The van der Waals surface area contributed by atoms with Crippen LogP contribution >= 0.6 is 0 Å². The summed E-state index contributed by atoms with van der Waals surface area (Å²) in [6, 6.07) is 13.7. The summed E-state index contributed by atoms with van der Waals surface area (Å²) < 4.78 is 1.76. The van der Waals surface area contributed by atoms with Gasteiger partial charge in [0.2, 0.25) is 0 Å². The summed E-state index contributed by atoms with van der Waals surface area (Å²) in [7, 11) is 0. The van der Waals surface area contributed by atoms with E-state index < -0.39 is 5.60 Å². The van der Waals surface area contributed by atoms with E-state index in [0.717, 1.165) is 30.2 Å². The number of anilines is 1. The number of hydrogen-bond acceptors (Lipinski definition) is 5. The highest BCUT2D eigenvalue weighted by molar-refractivity contribution is 5.59. The Bertz CT molecular complexity index is 812. The summed E-state index contributed by atoms with van der Waals surface area (Å²) in [6.07, 6.45) is 0.750. The van der Waals surface area contributed by atoms with Gasteiger partial charge in [-0.2, -0.15) is 4.52 Å². The fourth-order valence-corrected chi connectivity index (χ4v) is 2.86. The van der Waals surface area contributed by atoms with Crippen LogP contribution in [0.25, 0.3) is 17.0 Å². The number of fused-ring (bicyclic) bond motifs is 1. The summed E-state index contributed by atoms with van der Waals surface area (Å²) in [5, 5.41) is 23.2. The molecule has 112 valence electrons. The molecule has 1 saturated heterocycles. The molecule has 6 nitrogen and oxygen atoms in total. The Hall–Kier alpha value is -2.47. The van der Waals surface area contributed by atoms with Gasteiger partial charge >= 0.3 is 0 Å². The Morgan fingerprint density at radius 1 is 1.09 bits per heavy atom. The summed E-state index contributed by atoms with van der Waals surface area (Å²) in [5.41, 5.74) is 1.05. The minimum Gasteiger partial charge on any atom is -0.388 e. The molecule has 0 spiro atoms. The van der Waals surface area contributed by atoms with Crippen LogP contribution in [0, 0.1) is 0 Å². The monoisotopic (exact) mass is 295 g/mol. The molecule has 0 aliphatic carbocycles. The van der Waals surface area contributed by atoms with Gasteiger partial charge in [0.15, 0.2) is 11.5 Å². The van der Waals surface area contributed by atoms with Crippen LogP contribution in [0.4, 0.5) is 5.82 Å². The molecule has 1 atom stereocenters. The maximum absolute atomic E-state index is 10.1. The zero-order chi connectivity index (χ0) is 15.2. The lowest BCUT2D eigenvalue weighted by molar-refractivity contribution is 0.0839. The third kappa shape index (κ3) is 2.21. The highest BCUT2D eigenvalue weighted by Crippen LogP contribution is 2.26. The molecule has 3 aromatic rings. The van der Waals surface area contributed by atoms with Crippen LogP contribution in [0.5, 0.6) is 0 Å². The molecular formula is C16H17N5O. The van der Waals surface area contributed by atoms with Crippen molar-refractivity contribution in [2.24, 2.45) is 0 Å². The van der Waals surface area contributed by atoms with Crippen LogP contribution in [0.2, 0.25) is 0 Å². The second-order valence-corrected chi connectivity index (χ2v) is 6.02. The molecule has 1 aromatic carbocycles. The molecule has 1 aliphatic rings. The molecule has 0 saturated carbocycles. The molecule has 2 aromatic heterocycles. The summed E-state index contributed by atoms with van der Waals surface area (Å²) >= 11 is 0. The molecule has 0 amide bonds. The van der Waals surface area contributed by atoms with Crippen molar-refractivity contribution < 1.29 is 5.11 Å². The minimum absolute atomic E-state index is 0.592. The lowest BCUT2D eigenvalue weighted by Crippen LogP contribution is -2.30. The van der Waals surface area contributed by atoms with E-state index in [9.17, 15) is 5.11 Å². The van der Waals surface area contributed by atoms with Gasteiger partial charge in [-0.3, -0.25) is 0 Å². The van der Waals surface area contributed by atoms with Crippen LogP contribution in [-0.4, -0.2) is 43.6 Å². The van der Waals surface area contributed by atoms with Gasteiger partial charge in [0.05, 0.1) is 5.60 Å². The fraction of sp³-hybridized carbons (Fsp3) is 0.312. The molecule has 1 unspecified atom stereocenters. The number of aromatic nitrogens is 4. The predicted molar refractivity (Wildman–Crippen MR) is 83.7 cm³/mol. The van der Waals surface area contributed by atoms with Crippen molar-refractivity contribution >= 4 is 11.5 Å². The largest absolute Gasteiger partial charge is 0.388 e. The lowest BCUT2D eigenvalue weighted by atomic mass is 10.1. The first-order chi connectivity index (χ1) is 10.6. The number of aliphatic hydroxyl groups is 1. The molecule has 4 rings (SSSR count). The van der Waals surface area contributed by atoms with Crippen LogP contribution in [0.3, 0.4) is 0 Å². The highest BCUT2D eigenvalue weighted by atomic mass is 16.3. The predicted octanol–water partition coefficient (Wildman–Crippen LogP) is 1.75. The van der Waals surface area contributed by atoms with E-state index in [1.165, 1.54) is 0 Å². The van der Waals surface area contributed by atoms with E-state index in [2.05, 4.69) is 20.2 Å². The molecular weight excluding hydrogens is 278 g/mol. The van der Waals surface area contributed by atoms with E-state index in [1.807, 2.05) is 49.4 Å². The van der Waals surface area contributed by atoms with E-state index in [1.54, 1.807) is 4.52 Å². The van der Waals surface area contributed by atoms with Gasteiger partial charge in [0, 0.05) is 18.7 Å². The molecule has 22 heavy (non-hydrogen) atoms. The molecule has 3 heterocycles. The number of hydrogen-bond donors (Lipinski definition) is 1. The first-order valence-electron chi connectivity index (χ1n) is 7.38. The molecule has 6 heteroatoms. The molecule has 1 fully saturated rings. The first kappa shape index (κ1) is 13.2. The second-order valence-electron chi connectivity index (χ2n) is 6.02. The van der Waals surface area contributed by atoms with E-state index in [0.29, 0.717) is 12.2 Å². The van der Waals surface area contributed by atoms with Crippen LogP contribution in [0.15, 0.2) is 42.5 Å². The summed E-state index contributed by atoms with van der Waals surface area (Å²) in [5.74, 6) is 1.56. The van der Waals surface area contributed by atoms with Gasteiger partial charge in [-0.1, -0.05) is 30.3 Å². The zero-order valence-electron chi connectivity index (χ0n) is 12.3. The zero-order valence-corrected chi connectivity index (χ0v) is 12.3. The smallest absolute Gasteiger partial charge is 0.185 e. The Morgan fingerprint density at radius 3 is 2.64 bits per heavy atom. The SMILES string of the molecule is CC1(O)CCN(c2ccc3nnc(-c4ccccc4)n3n2)C1. The van der Waals surface area contributed by atoms with Gasteiger partial charge in [-0.05, 0) is 25.5 Å². The Morgan fingerprint density at radius 2 is 1.91 bits per heavy atom. The minimum atomic E-state index is -0.647. The molecule has 0 bridgehead atoms. The topological polar surface area (TPSA) is 66.5 Å². The van der Waals surface area contributed by atoms with Gasteiger partial charge in [-0.15, -0.1) is 15.3 Å². The Kier molecular flexibility index (Phi) is 2.87. The Labute approximate surface area is 128 Å². The van der Waals surface area contributed by atoms with E-state index in [4.69, 9.17) is 0 Å². The highest BCUT2D eigenvalue weighted by Gasteiger charge is 2.32. The van der Waals surface area contributed by atoms with Crippen molar-refractivity contribution in [2.75, 3.05) is 18.0 Å². The second kappa shape index (κ2) is 4.78. The first-order valence-corrected chi connectivity index (χ1v) is 7.38. The van der Waals surface area contributed by atoms with Gasteiger partial charge in [0.25, 0.3) is 0 Å². The van der Waals surface area contributed by atoms with Crippen LogP contribution in [-0.2, 0) is 0 Å². The molecule has 1 aliphatic heterocycles. The van der Waals surface area contributed by atoms with Crippen molar-refractivity contribution in [1.29, 1.82) is 0 Å². The molecule has 0 radical (unpaired) electrons. The van der Waals surface area contributed by atoms with Crippen molar-refractivity contribution in [1.82, 2.24) is 19.8 Å². The summed E-state index contributed by atoms with van der Waals surface area (Å²) in [4.78, 5) is 2.09. The Balaban J connectivity index is 1.77. The maximum atomic E-state index is 10.1. The van der Waals surface area contributed by atoms with Crippen molar-refractivity contribution in [3.05, 3.63) is 42.5 Å². The number of benzene rings is 1. The fourth-order valence-electron chi connectivity index (χ4n) is 2.86. The quantitative estimate of drug-likeness (QED) is 0.780. The van der Waals surface area contributed by atoms with Gasteiger partial charge in [-0.25, -0.2) is 0 Å². The van der Waals surface area contributed by atoms with Gasteiger partial charge < -0.3 is 10.0 Å². The third-order valence-electron chi connectivity index (χ3n) is 4.06. The summed E-state index contributed by atoms with van der Waals surface area (Å²) in [6.45, 7) is 3.25. The normalized spacial score (nSPS) is 21.6. The van der Waals surface area contributed by atoms with Crippen molar-refractivity contribution in [2.45, 2.75) is 18.9 Å². The number of nitrogens with zero attached hydrogens (tertiary/aromatic N) is 5. The van der Waals surface area contributed by atoms with Crippen LogP contribution in [0.1, 0.15) is 13.3 Å². The number of β-amino-alcohol motifs (C(OH)–C–C–N with tert-alkyl or cyclic N) is 1. The average molecular weight is 295 g/mol. The van der Waals surface area contributed by atoms with Crippen LogP contribution < -0.4 is 4.90 Å². The average Bonchev–Trinajstić information content (AvgIpc) is 3.10. The molecule has 1 N–H and O–H groups in total.